The highest BCUT2D eigenvalue weighted by molar-refractivity contribution is 8.00. The second-order valence-electron chi connectivity index (χ2n) is 2.40. The Morgan fingerprint density at radius 1 is 1.67 bits per heavy atom. The lowest BCUT2D eigenvalue weighted by atomic mass is 10.2. The number of hydrogen-bond donors (Lipinski definition) is 0. The molecule has 0 aromatic carbocycles. The van der Waals surface area contributed by atoms with E-state index in [0.717, 1.165) is 17.8 Å². The minimum absolute atomic E-state index is 0.799. The second kappa shape index (κ2) is 2.31. The minimum Gasteiger partial charge on any atom is -0.281 e. The van der Waals surface area contributed by atoms with Crippen molar-refractivity contribution in [1.82, 2.24) is 4.90 Å². The summed E-state index contributed by atoms with van der Waals surface area (Å²) >= 11 is 2.01. The van der Waals surface area contributed by atoms with Gasteiger partial charge in [0, 0.05) is 18.5 Å². The Balaban J connectivity index is 1.98. The summed E-state index contributed by atoms with van der Waals surface area (Å²) in [6.45, 7) is 2.20. The van der Waals surface area contributed by atoms with Crippen LogP contribution in [-0.4, -0.2) is 35.5 Å². The van der Waals surface area contributed by atoms with Crippen LogP contribution in [0, 0.1) is 0 Å². The Bertz CT molecular complexity index is 135. The van der Waals surface area contributed by atoms with Gasteiger partial charge in [-0.2, -0.15) is 0 Å². The van der Waals surface area contributed by atoms with Crippen LogP contribution >= 0.6 is 11.8 Å². The SMILES string of the molecule is C1=NCN2CCC2SC1. The van der Waals surface area contributed by atoms with Gasteiger partial charge in [0.1, 0.15) is 0 Å². The van der Waals surface area contributed by atoms with Gasteiger partial charge in [-0.1, -0.05) is 0 Å². The van der Waals surface area contributed by atoms with E-state index in [0.29, 0.717) is 0 Å². The first-order valence-electron chi connectivity index (χ1n) is 3.31. The first kappa shape index (κ1) is 5.74. The fourth-order valence-corrected chi connectivity index (χ4v) is 2.21. The molecule has 0 aromatic heterocycles. The third-order valence-corrected chi connectivity index (χ3v) is 3.09. The van der Waals surface area contributed by atoms with E-state index in [1.807, 2.05) is 18.0 Å². The van der Waals surface area contributed by atoms with Crippen molar-refractivity contribution in [2.75, 3.05) is 19.0 Å². The van der Waals surface area contributed by atoms with Crippen LogP contribution in [-0.2, 0) is 0 Å². The largest absolute Gasteiger partial charge is 0.281 e. The molecule has 0 N–H and O–H groups in total. The summed E-state index contributed by atoms with van der Waals surface area (Å²) in [5.41, 5.74) is 0. The molecule has 0 radical (unpaired) electrons. The van der Waals surface area contributed by atoms with E-state index in [1.54, 1.807) is 0 Å². The van der Waals surface area contributed by atoms with E-state index in [4.69, 9.17) is 0 Å². The van der Waals surface area contributed by atoms with Gasteiger partial charge < -0.3 is 0 Å². The first-order chi connectivity index (χ1) is 4.47. The molecule has 1 fully saturated rings. The molecule has 1 saturated heterocycles. The van der Waals surface area contributed by atoms with E-state index in [1.165, 1.54) is 13.0 Å². The molecule has 2 rings (SSSR count). The van der Waals surface area contributed by atoms with Crippen LogP contribution in [0.2, 0.25) is 0 Å². The predicted octanol–water partition coefficient (Wildman–Crippen LogP) is 0.793. The van der Waals surface area contributed by atoms with E-state index in [9.17, 15) is 0 Å². The van der Waals surface area contributed by atoms with Gasteiger partial charge in [0.2, 0.25) is 0 Å². The molecule has 0 amide bonds. The Labute approximate surface area is 59.3 Å². The van der Waals surface area contributed by atoms with Crippen molar-refractivity contribution in [3.05, 3.63) is 0 Å². The molecule has 9 heavy (non-hydrogen) atoms. The highest BCUT2D eigenvalue weighted by Gasteiger charge is 2.27. The Morgan fingerprint density at radius 3 is 3.44 bits per heavy atom. The number of thioether (sulfide) groups is 1. The van der Waals surface area contributed by atoms with E-state index in [2.05, 4.69) is 9.89 Å². The Morgan fingerprint density at radius 2 is 2.67 bits per heavy atom. The topological polar surface area (TPSA) is 15.6 Å². The maximum Gasteiger partial charge on any atom is 0.0914 e. The summed E-state index contributed by atoms with van der Waals surface area (Å²) in [6.07, 6.45) is 3.40. The molecular formula is C6H10N2S. The summed E-state index contributed by atoms with van der Waals surface area (Å²) in [7, 11) is 0. The quantitative estimate of drug-likeness (QED) is 0.497. The van der Waals surface area contributed by atoms with Crippen molar-refractivity contribution in [3.63, 3.8) is 0 Å². The molecule has 2 aliphatic heterocycles. The normalized spacial score (nSPS) is 34.9. The average molecular weight is 142 g/mol. The molecule has 0 spiro atoms. The van der Waals surface area contributed by atoms with Gasteiger partial charge in [-0.05, 0) is 6.42 Å². The van der Waals surface area contributed by atoms with Crippen LogP contribution in [0.4, 0.5) is 0 Å². The second-order valence-corrected chi connectivity index (χ2v) is 3.61. The summed E-state index contributed by atoms with van der Waals surface area (Å²) in [5, 5.41) is 0.799. The van der Waals surface area contributed by atoms with Crippen molar-refractivity contribution in [2.24, 2.45) is 4.99 Å². The molecular weight excluding hydrogens is 132 g/mol. The standard InChI is InChI=1S/C6H10N2S/c1-3-8-5-7-2-4-9-6(1)8/h2,6H,1,3-5H2. The van der Waals surface area contributed by atoms with Crippen LogP contribution in [0.25, 0.3) is 0 Å². The van der Waals surface area contributed by atoms with E-state index < -0.39 is 0 Å². The van der Waals surface area contributed by atoms with Crippen molar-refractivity contribution >= 4 is 18.0 Å². The summed E-state index contributed by atoms with van der Waals surface area (Å²) in [6, 6.07) is 0. The molecule has 0 bridgehead atoms. The van der Waals surface area contributed by atoms with Crippen molar-refractivity contribution in [1.29, 1.82) is 0 Å². The molecule has 2 nitrogen and oxygen atoms in total. The zero-order valence-corrected chi connectivity index (χ0v) is 6.10. The average Bonchev–Trinajstić information content (AvgIpc) is 1.94. The van der Waals surface area contributed by atoms with Gasteiger partial charge in [0.05, 0.1) is 12.0 Å². The maximum absolute atomic E-state index is 4.23. The van der Waals surface area contributed by atoms with Gasteiger partial charge in [0.15, 0.2) is 0 Å². The van der Waals surface area contributed by atoms with Crippen LogP contribution in [0.1, 0.15) is 6.42 Å². The first-order valence-corrected chi connectivity index (χ1v) is 4.35. The fourth-order valence-electron chi connectivity index (χ4n) is 1.14. The Kier molecular flexibility index (Phi) is 1.47. The minimum atomic E-state index is 0.799. The highest BCUT2D eigenvalue weighted by Crippen LogP contribution is 2.28. The van der Waals surface area contributed by atoms with E-state index in [-0.39, 0.29) is 0 Å². The fraction of sp³-hybridized carbons (Fsp3) is 0.833. The summed E-state index contributed by atoms with van der Waals surface area (Å²) in [4.78, 5) is 6.64. The molecule has 1 atom stereocenters. The zero-order valence-electron chi connectivity index (χ0n) is 5.29. The predicted molar refractivity (Wildman–Crippen MR) is 40.9 cm³/mol. The lowest BCUT2D eigenvalue weighted by Crippen LogP contribution is -2.44. The molecule has 0 saturated carbocycles. The van der Waals surface area contributed by atoms with Crippen LogP contribution < -0.4 is 0 Å². The van der Waals surface area contributed by atoms with Crippen molar-refractivity contribution in [2.45, 2.75) is 11.8 Å². The molecule has 3 heteroatoms. The maximum atomic E-state index is 4.23. The molecule has 1 unspecified atom stereocenters. The lowest BCUT2D eigenvalue weighted by Gasteiger charge is -2.37. The third kappa shape index (κ3) is 0.990. The molecule has 2 aliphatic rings. The smallest absolute Gasteiger partial charge is 0.0914 e. The highest BCUT2D eigenvalue weighted by atomic mass is 32.2. The zero-order chi connectivity index (χ0) is 6.10. The van der Waals surface area contributed by atoms with Gasteiger partial charge in [-0.15, -0.1) is 11.8 Å². The van der Waals surface area contributed by atoms with Gasteiger partial charge in [0.25, 0.3) is 0 Å². The molecule has 0 aromatic rings. The summed E-state index contributed by atoms with van der Waals surface area (Å²) < 4.78 is 0. The van der Waals surface area contributed by atoms with E-state index >= 15 is 0 Å². The number of fused-ring (bicyclic) bond motifs is 1. The van der Waals surface area contributed by atoms with Crippen molar-refractivity contribution < 1.29 is 0 Å². The Hall–Kier alpha value is -0.0200. The molecule has 50 valence electrons. The van der Waals surface area contributed by atoms with Gasteiger partial charge in [-0.25, -0.2) is 0 Å². The lowest BCUT2D eigenvalue weighted by molar-refractivity contribution is 0.162. The number of nitrogens with zero attached hydrogens (tertiary/aromatic N) is 2. The van der Waals surface area contributed by atoms with Gasteiger partial charge >= 0.3 is 0 Å². The number of rotatable bonds is 0. The molecule has 2 heterocycles. The monoisotopic (exact) mass is 142 g/mol. The van der Waals surface area contributed by atoms with Crippen LogP contribution in [0.3, 0.4) is 0 Å². The molecule has 0 aliphatic carbocycles. The number of hydrogen-bond acceptors (Lipinski definition) is 3. The summed E-state index contributed by atoms with van der Waals surface area (Å²) in [5.74, 6) is 1.11. The van der Waals surface area contributed by atoms with Crippen molar-refractivity contribution in [3.8, 4) is 0 Å². The number of aliphatic imine (C=N–C) groups is 1. The van der Waals surface area contributed by atoms with Gasteiger partial charge in [-0.3, -0.25) is 9.89 Å². The van der Waals surface area contributed by atoms with Crippen LogP contribution in [0.5, 0.6) is 0 Å². The third-order valence-electron chi connectivity index (χ3n) is 1.83. The van der Waals surface area contributed by atoms with Crippen LogP contribution in [0.15, 0.2) is 4.99 Å².